The molecule has 1 aromatic heterocycles. The molecule has 6 nitrogen and oxygen atoms in total. The molecule has 2 heterocycles. The van der Waals surface area contributed by atoms with Crippen LogP contribution in [0, 0.1) is 5.92 Å². The molecule has 33 heavy (non-hydrogen) atoms. The van der Waals surface area contributed by atoms with E-state index in [2.05, 4.69) is 15.5 Å². The molecule has 3 aromatic carbocycles. The number of piperidine rings is 1. The number of para-hydroxylation sites is 1. The second-order valence-corrected chi connectivity index (χ2v) is 9.16. The van der Waals surface area contributed by atoms with Gasteiger partial charge in [-0.05, 0) is 67.4 Å². The van der Waals surface area contributed by atoms with Gasteiger partial charge in [0, 0.05) is 36.1 Å². The molecule has 4 aromatic rings. The van der Waals surface area contributed by atoms with E-state index in [1.54, 1.807) is 18.4 Å². The molecule has 0 radical (unpaired) electrons. The Morgan fingerprint density at radius 1 is 0.970 bits per heavy atom. The summed E-state index contributed by atoms with van der Waals surface area (Å²) in [5, 5.41) is 7.45. The predicted molar refractivity (Wildman–Crippen MR) is 136 cm³/mol. The molecule has 7 heteroatoms. The van der Waals surface area contributed by atoms with Crippen molar-refractivity contribution in [3.05, 3.63) is 72.8 Å². The molecule has 1 amide bonds. The molecule has 2 N–H and O–H groups in total. The van der Waals surface area contributed by atoms with Gasteiger partial charge in [-0.3, -0.25) is 4.79 Å². The number of fused-ring (bicyclic) bond motifs is 1. The fraction of sp³-hybridized carbons (Fsp3) is 0.231. The Hall–Kier alpha value is -3.58. The van der Waals surface area contributed by atoms with Gasteiger partial charge in [0.2, 0.25) is 5.91 Å². The molecule has 1 aliphatic heterocycles. The largest absolute Gasteiger partial charge is 0.497 e. The molecule has 168 valence electrons. The first-order chi connectivity index (χ1) is 16.2. The number of nitrogens with one attached hydrogen (secondary N) is 2. The quantitative estimate of drug-likeness (QED) is 0.376. The average molecular weight is 459 g/mol. The molecule has 0 saturated carbocycles. The fourth-order valence-electron chi connectivity index (χ4n) is 4.06. The molecule has 0 bridgehead atoms. The monoisotopic (exact) mass is 458 g/mol. The lowest BCUT2D eigenvalue weighted by Crippen LogP contribution is -2.38. The summed E-state index contributed by atoms with van der Waals surface area (Å²) in [5.74, 6) is 0.947. The molecule has 0 atom stereocenters. The lowest BCUT2D eigenvalue weighted by Gasteiger charge is -2.31. The third-order valence-corrected chi connectivity index (χ3v) is 7.01. The maximum Gasteiger partial charge on any atom is 0.227 e. The van der Waals surface area contributed by atoms with E-state index in [1.165, 1.54) is 0 Å². The van der Waals surface area contributed by atoms with Gasteiger partial charge in [-0.25, -0.2) is 4.98 Å². The third-order valence-electron chi connectivity index (χ3n) is 5.94. The van der Waals surface area contributed by atoms with Gasteiger partial charge in [-0.1, -0.05) is 29.5 Å². The van der Waals surface area contributed by atoms with E-state index in [0.717, 1.165) is 64.1 Å². The van der Waals surface area contributed by atoms with Crippen molar-refractivity contribution in [2.24, 2.45) is 5.92 Å². The summed E-state index contributed by atoms with van der Waals surface area (Å²) in [6.07, 6.45) is 1.64. The van der Waals surface area contributed by atoms with Gasteiger partial charge in [0.1, 0.15) is 5.75 Å². The van der Waals surface area contributed by atoms with E-state index in [1.807, 2.05) is 72.8 Å². The standard InChI is InChI=1S/C26H26N4O2S/c1-32-22-11-12-23-24(17-22)33-26(29-23)30-15-13-18(14-16-30)25(31)28-21-9-7-20(8-10-21)27-19-5-3-2-4-6-19/h2-12,17-18,27H,13-16H2,1H3,(H,28,31). The summed E-state index contributed by atoms with van der Waals surface area (Å²) in [5.41, 5.74) is 3.83. The maximum absolute atomic E-state index is 12.8. The molecule has 0 spiro atoms. The van der Waals surface area contributed by atoms with Crippen molar-refractivity contribution < 1.29 is 9.53 Å². The van der Waals surface area contributed by atoms with Crippen LogP contribution in [0.15, 0.2) is 72.8 Å². The van der Waals surface area contributed by atoms with Crippen LogP contribution in [-0.4, -0.2) is 31.1 Å². The van der Waals surface area contributed by atoms with E-state index in [0.29, 0.717) is 0 Å². The smallest absolute Gasteiger partial charge is 0.227 e. The normalized spacial score (nSPS) is 14.3. The molecule has 1 fully saturated rings. The van der Waals surface area contributed by atoms with Crippen molar-refractivity contribution in [2.45, 2.75) is 12.8 Å². The fourth-order valence-corrected chi connectivity index (χ4v) is 5.10. The lowest BCUT2D eigenvalue weighted by atomic mass is 9.96. The number of carbonyl (C=O) groups is 1. The number of amides is 1. The van der Waals surface area contributed by atoms with E-state index in [4.69, 9.17) is 9.72 Å². The summed E-state index contributed by atoms with van der Waals surface area (Å²) in [6, 6.07) is 23.8. The van der Waals surface area contributed by atoms with Crippen LogP contribution < -0.4 is 20.3 Å². The Balaban J connectivity index is 1.15. The van der Waals surface area contributed by atoms with Gasteiger partial charge in [-0.15, -0.1) is 0 Å². The van der Waals surface area contributed by atoms with Crippen LogP contribution in [0.3, 0.4) is 0 Å². The van der Waals surface area contributed by atoms with Gasteiger partial charge < -0.3 is 20.3 Å². The number of methoxy groups -OCH3 is 1. The first kappa shape index (κ1) is 21.3. The highest BCUT2D eigenvalue weighted by Gasteiger charge is 2.26. The summed E-state index contributed by atoms with van der Waals surface area (Å²) in [7, 11) is 1.68. The molecular weight excluding hydrogens is 432 g/mol. The highest BCUT2D eigenvalue weighted by molar-refractivity contribution is 7.22. The van der Waals surface area contributed by atoms with Crippen molar-refractivity contribution in [1.82, 2.24) is 4.98 Å². The van der Waals surface area contributed by atoms with Gasteiger partial charge in [0.15, 0.2) is 5.13 Å². The van der Waals surface area contributed by atoms with Crippen molar-refractivity contribution in [3.63, 3.8) is 0 Å². The van der Waals surface area contributed by atoms with Crippen LogP contribution in [0.25, 0.3) is 10.2 Å². The zero-order valence-electron chi connectivity index (χ0n) is 18.5. The minimum absolute atomic E-state index is 0.0119. The molecule has 0 aliphatic carbocycles. The van der Waals surface area contributed by atoms with E-state index < -0.39 is 0 Å². The Kier molecular flexibility index (Phi) is 6.13. The zero-order chi connectivity index (χ0) is 22.6. The van der Waals surface area contributed by atoms with Crippen LogP contribution >= 0.6 is 11.3 Å². The number of hydrogen-bond donors (Lipinski definition) is 2. The highest BCUT2D eigenvalue weighted by Crippen LogP contribution is 2.33. The zero-order valence-corrected chi connectivity index (χ0v) is 19.3. The van der Waals surface area contributed by atoms with Crippen molar-refractivity contribution >= 4 is 49.7 Å². The third kappa shape index (κ3) is 4.93. The number of nitrogens with zero attached hydrogens (tertiary/aromatic N) is 2. The first-order valence-corrected chi connectivity index (χ1v) is 11.9. The van der Waals surface area contributed by atoms with Crippen LogP contribution in [0.5, 0.6) is 5.75 Å². The molecule has 1 aliphatic rings. The summed E-state index contributed by atoms with van der Waals surface area (Å²) < 4.78 is 6.44. The lowest BCUT2D eigenvalue weighted by molar-refractivity contribution is -0.120. The first-order valence-electron chi connectivity index (χ1n) is 11.1. The maximum atomic E-state index is 12.8. The average Bonchev–Trinajstić information content (AvgIpc) is 3.29. The van der Waals surface area contributed by atoms with Crippen LogP contribution in [-0.2, 0) is 4.79 Å². The van der Waals surface area contributed by atoms with Gasteiger partial charge in [-0.2, -0.15) is 0 Å². The number of anilines is 4. The number of carbonyl (C=O) groups excluding carboxylic acids is 1. The number of benzene rings is 3. The predicted octanol–water partition coefficient (Wildman–Crippen LogP) is 5.90. The Morgan fingerprint density at radius 2 is 1.67 bits per heavy atom. The Bertz CT molecular complexity index is 1230. The number of ether oxygens (including phenoxy) is 1. The molecule has 1 saturated heterocycles. The molecule has 0 unspecified atom stereocenters. The van der Waals surface area contributed by atoms with Gasteiger partial charge >= 0.3 is 0 Å². The van der Waals surface area contributed by atoms with Crippen molar-refractivity contribution in [1.29, 1.82) is 0 Å². The minimum Gasteiger partial charge on any atom is -0.497 e. The van der Waals surface area contributed by atoms with Gasteiger partial charge in [0.05, 0.1) is 17.3 Å². The van der Waals surface area contributed by atoms with E-state index >= 15 is 0 Å². The topological polar surface area (TPSA) is 66.5 Å². The summed E-state index contributed by atoms with van der Waals surface area (Å²) >= 11 is 1.68. The van der Waals surface area contributed by atoms with Crippen LogP contribution in [0.4, 0.5) is 22.2 Å². The number of hydrogen-bond acceptors (Lipinski definition) is 6. The van der Waals surface area contributed by atoms with E-state index in [9.17, 15) is 4.79 Å². The van der Waals surface area contributed by atoms with Crippen molar-refractivity contribution in [3.8, 4) is 5.75 Å². The second kappa shape index (κ2) is 9.50. The highest BCUT2D eigenvalue weighted by atomic mass is 32.1. The molecule has 5 rings (SSSR count). The van der Waals surface area contributed by atoms with Crippen molar-refractivity contribution in [2.75, 3.05) is 35.7 Å². The number of thiazole rings is 1. The SMILES string of the molecule is COc1ccc2nc(N3CCC(C(=O)Nc4ccc(Nc5ccccc5)cc4)CC3)sc2c1. The number of aromatic nitrogens is 1. The van der Waals surface area contributed by atoms with Crippen LogP contribution in [0.2, 0.25) is 0 Å². The molecular formula is C26H26N4O2S. The Labute approximate surface area is 197 Å². The van der Waals surface area contributed by atoms with E-state index in [-0.39, 0.29) is 11.8 Å². The minimum atomic E-state index is 0.0119. The number of rotatable bonds is 6. The summed E-state index contributed by atoms with van der Waals surface area (Å²) in [4.78, 5) is 19.9. The second-order valence-electron chi connectivity index (χ2n) is 8.15. The summed E-state index contributed by atoms with van der Waals surface area (Å²) in [6.45, 7) is 1.66. The Morgan fingerprint density at radius 3 is 2.39 bits per heavy atom. The van der Waals surface area contributed by atoms with Gasteiger partial charge in [0.25, 0.3) is 0 Å². The van der Waals surface area contributed by atoms with Crippen LogP contribution in [0.1, 0.15) is 12.8 Å².